The number of rotatable bonds is 6. The van der Waals surface area contributed by atoms with Gasteiger partial charge in [-0.1, -0.05) is 19.9 Å². The Morgan fingerprint density at radius 3 is 2.80 bits per heavy atom. The van der Waals surface area contributed by atoms with Gasteiger partial charge in [0.05, 0.1) is 17.9 Å². The molecule has 0 amide bonds. The number of hydrogen-bond donors (Lipinski definition) is 1. The Hall–Kier alpha value is -1.46. The van der Waals surface area contributed by atoms with Crippen LogP contribution in [0.25, 0.3) is 0 Å². The summed E-state index contributed by atoms with van der Waals surface area (Å²) in [5.41, 5.74) is 2.18. The topological polar surface area (TPSA) is 41.1 Å². The van der Waals surface area contributed by atoms with E-state index in [-0.39, 0.29) is 0 Å². The van der Waals surface area contributed by atoms with Gasteiger partial charge in [-0.3, -0.25) is 4.98 Å². The summed E-state index contributed by atoms with van der Waals surface area (Å²) in [6.45, 7) is 8.06. The fourth-order valence-electron chi connectivity index (χ4n) is 1.84. The minimum absolute atomic E-state index is 0.492. The average molecular weight is 290 g/mol. The lowest BCUT2D eigenvalue weighted by atomic mass is 10.3. The molecule has 108 valence electrons. The molecule has 0 aliphatic heterocycles. The molecule has 1 N–H and O–H groups in total. The third-order valence-electron chi connectivity index (χ3n) is 3.00. The van der Waals surface area contributed by atoms with Gasteiger partial charge in [-0.25, -0.2) is 4.98 Å². The van der Waals surface area contributed by atoms with Gasteiger partial charge in [0, 0.05) is 30.7 Å². The fourth-order valence-corrected chi connectivity index (χ4v) is 2.81. The molecule has 20 heavy (non-hydrogen) atoms. The lowest BCUT2D eigenvalue weighted by Gasteiger charge is -2.14. The van der Waals surface area contributed by atoms with Crippen molar-refractivity contribution in [1.29, 1.82) is 0 Å². The van der Waals surface area contributed by atoms with Crippen molar-refractivity contribution in [3.8, 4) is 0 Å². The van der Waals surface area contributed by atoms with Gasteiger partial charge < -0.3 is 10.2 Å². The normalized spacial score (nSPS) is 11.1. The minimum atomic E-state index is 0.492. The lowest BCUT2D eigenvalue weighted by molar-refractivity contribution is 0.591. The van der Waals surface area contributed by atoms with E-state index in [0.29, 0.717) is 6.04 Å². The first-order valence-electron chi connectivity index (χ1n) is 6.87. The highest BCUT2D eigenvalue weighted by atomic mass is 32.1. The molecular weight excluding hydrogens is 268 g/mol. The minimum Gasteiger partial charge on any atom is -0.345 e. The Morgan fingerprint density at radius 2 is 2.15 bits per heavy atom. The maximum absolute atomic E-state index is 4.66. The van der Waals surface area contributed by atoms with Crippen LogP contribution in [0.3, 0.4) is 0 Å². The zero-order chi connectivity index (χ0) is 14.5. The predicted molar refractivity (Wildman–Crippen MR) is 85.2 cm³/mol. The van der Waals surface area contributed by atoms with Gasteiger partial charge in [-0.2, -0.15) is 0 Å². The Labute approximate surface area is 124 Å². The summed E-state index contributed by atoms with van der Waals surface area (Å²) in [7, 11) is 2.06. The molecule has 0 aromatic carbocycles. The van der Waals surface area contributed by atoms with Crippen molar-refractivity contribution in [1.82, 2.24) is 15.3 Å². The van der Waals surface area contributed by atoms with Gasteiger partial charge >= 0.3 is 0 Å². The smallest absolute Gasteiger partial charge is 0.185 e. The molecule has 0 aliphatic rings. The monoisotopic (exact) mass is 290 g/mol. The molecule has 0 radical (unpaired) electrons. The van der Waals surface area contributed by atoms with E-state index in [2.05, 4.69) is 48.0 Å². The van der Waals surface area contributed by atoms with Crippen LogP contribution in [0.4, 0.5) is 5.13 Å². The van der Waals surface area contributed by atoms with Crippen molar-refractivity contribution in [2.75, 3.05) is 11.9 Å². The van der Waals surface area contributed by atoms with Crippen LogP contribution in [0.5, 0.6) is 0 Å². The molecule has 2 heterocycles. The number of aromatic nitrogens is 2. The molecule has 0 fully saturated rings. The maximum atomic E-state index is 4.66. The highest BCUT2D eigenvalue weighted by Crippen LogP contribution is 2.26. The second kappa shape index (κ2) is 6.81. The van der Waals surface area contributed by atoms with E-state index in [0.717, 1.165) is 29.6 Å². The number of thiazole rings is 1. The molecule has 0 unspecified atom stereocenters. The van der Waals surface area contributed by atoms with Crippen LogP contribution in [0, 0.1) is 6.92 Å². The highest BCUT2D eigenvalue weighted by molar-refractivity contribution is 7.15. The van der Waals surface area contributed by atoms with Gasteiger partial charge in [0.15, 0.2) is 5.13 Å². The van der Waals surface area contributed by atoms with Crippen LogP contribution in [0.15, 0.2) is 24.4 Å². The Balaban J connectivity index is 2.03. The van der Waals surface area contributed by atoms with Crippen LogP contribution < -0.4 is 10.2 Å². The van der Waals surface area contributed by atoms with Gasteiger partial charge in [-0.05, 0) is 19.1 Å². The molecular formula is C15H22N4S. The molecule has 0 bridgehead atoms. The van der Waals surface area contributed by atoms with Crippen LogP contribution in [0.2, 0.25) is 0 Å². The molecule has 0 saturated heterocycles. The number of nitrogens with zero attached hydrogens (tertiary/aromatic N) is 3. The van der Waals surface area contributed by atoms with E-state index in [9.17, 15) is 0 Å². The second-order valence-electron chi connectivity index (χ2n) is 5.22. The summed E-state index contributed by atoms with van der Waals surface area (Å²) < 4.78 is 0. The summed E-state index contributed by atoms with van der Waals surface area (Å²) in [5.74, 6) is 0. The first-order chi connectivity index (χ1) is 9.56. The van der Waals surface area contributed by atoms with Gasteiger partial charge in [0.2, 0.25) is 0 Å². The maximum Gasteiger partial charge on any atom is 0.185 e. The van der Waals surface area contributed by atoms with Crippen LogP contribution >= 0.6 is 11.3 Å². The first-order valence-corrected chi connectivity index (χ1v) is 7.68. The highest BCUT2D eigenvalue weighted by Gasteiger charge is 2.12. The van der Waals surface area contributed by atoms with E-state index >= 15 is 0 Å². The molecule has 4 nitrogen and oxygen atoms in total. The summed E-state index contributed by atoms with van der Waals surface area (Å²) in [5, 5.41) is 4.49. The van der Waals surface area contributed by atoms with Crippen molar-refractivity contribution in [2.24, 2.45) is 0 Å². The van der Waals surface area contributed by atoms with Crippen LogP contribution in [-0.4, -0.2) is 23.1 Å². The van der Waals surface area contributed by atoms with Crippen molar-refractivity contribution in [3.63, 3.8) is 0 Å². The average Bonchev–Trinajstić information content (AvgIpc) is 2.79. The van der Waals surface area contributed by atoms with Crippen molar-refractivity contribution in [2.45, 2.75) is 39.9 Å². The number of pyridine rings is 1. The Kier molecular flexibility index (Phi) is 5.09. The number of aryl methyl sites for hydroxylation is 1. The standard InChI is InChI=1S/C15H22N4S/c1-11(2)17-9-14-12(3)18-15(20-14)19(4)10-13-7-5-6-8-16-13/h5-8,11,17H,9-10H2,1-4H3. The predicted octanol–water partition coefficient (Wildman–Crippen LogP) is 2.98. The second-order valence-corrected chi connectivity index (χ2v) is 6.28. The summed E-state index contributed by atoms with van der Waals surface area (Å²) in [6.07, 6.45) is 1.83. The van der Waals surface area contributed by atoms with E-state index in [4.69, 9.17) is 0 Å². The largest absolute Gasteiger partial charge is 0.345 e. The molecule has 0 atom stereocenters. The van der Waals surface area contributed by atoms with Crippen molar-refractivity contribution >= 4 is 16.5 Å². The van der Waals surface area contributed by atoms with E-state index < -0.39 is 0 Å². The van der Waals surface area contributed by atoms with Gasteiger partial charge in [0.25, 0.3) is 0 Å². The molecule has 0 saturated carbocycles. The molecule has 5 heteroatoms. The van der Waals surface area contributed by atoms with E-state index in [1.165, 1.54) is 4.88 Å². The summed E-state index contributed by atoms with van der Waals surface area (Å²) in [6, 6.07) is 6.48. The zero-order valence-electron chi connectivity index (χ0n) is 12.6. The number of anilines is 1. The summed E-state index contributed by atoms with van der Waals surface area (Å²) >= 11 is 1.75. The molecule has 2 aromatic heterocycles. The van der Waals surface area contributed by atoms with Crippen molar-refractivity contribution < 1.29 is 0 Å². The van der Waals surface area contributed by atoms with Crippen molar-refractivity contribution in [3.05, 3.63) is 40.7 Å². The quantitative estimate of drug-likeness (QED) is 0.888. The van der Waals surface area contributed by atoms with Crippen LogP contribution in [0.1, 0.15) is 30.1 Å². The molecule has 0 spiro atoms. The molecule has 0 aliphatic carbocycles. The third kappa shape index (κ3) is 4.02. The summed E-state index contributed by atoms with van der Waals surface area (Å²) in [4.78, 5) is 12.5. The third-order valence-corrected chi connectivity index (χ3v) is 4.28. The van der Waals surface area contributed by atoms with E-state index in [1.54, 1.807) is 11.3 Å². The fraction of sp³-hybridized carbons (Fsp3) is 0.467. The van der Waals surface area contributed by atoms with E-state index in [1.807, 2.05) is 24.4 Å². The lowest BCUT2D eigenvalue weighted by Crippen LogP contribution is -2.21. The van der Waals surface area contributed by atoms with Gasteiger partial charge in [0.1, 0.15) is 0 Å². The Morgan fingerprint density at radius 1 is 1.35 bits per heavy atom. The SMILES string of the molecule is Cc1nc(N(C)Cc2ccccn2)sc1CNC(C)C. The Bertz CT molecular complexity index is 536. The number of hydrogen-bond acceptors (Lipinski definition) is 5. The first kappa shape index (κ1) is 14.9. The van der Waals surface area contributed by atoms with Crippen LogP contribution in [-0.2, 0) is 13.1 Å². The molecule has 2 aromatic rings. The zero-order valence-corrected chi connectivity index (χ0v) is 13.4. The van der Waals surface area contributed by atoms with Gasteiger partial charge in [-0.15, -0.1) is 11.3 Å². The molecule has 2 rings (SSSR count). The number of nitrogens with one attached hydrogen (secondary N) is 1.